The molecule has 1 aliphatic carbocycles. The summed E-state index contributed by atoms with van der Waals surface area (Å²) in [6.07, 6.45) is 1.74. The van der Waals surface area contributed by atoms with Crippen molar-refractivity contribution in [3.63, 3.8) is 0 Å². The van der Waals surface area contributed by atoms with Crippen LogP contribution in [0, 0.1) is 5.92 Å². The molecule has 4 rings (SSSR count). The number of nitrogens with one attached hydrogen (secondary N) is 1. The van der Waals surface area contributed by atoms with Crippen LogP contribution in [0.5, 0.6) is 0 Å². The van der Waals surface area contributed by atoms with Crippen LogP contribution in [-0.4, -0.2) is 53.2 Å². The second kappa shape index (κ2) is 9.87. The number of benzene rings is 2. The first-order chi connectivity index (χ1) is 16.3. The highest BCUT2D eigenvalue weighted by Gasteiger charge is 2.36. The van der Waals surface area contributed by atoms with Gasteiger partial charge in [0, 0.05) is 25.4 Å². The van der Waals surface area contributed by atoms with Gasteiger partial charge in [0.25, 0.3) is 0 Å². The maximum atomic E-state index is 13.1. The zero-order valence-electron chi connectivity index (χ0n) is 19.8. The van der Waals surface area contributed by atoms with Crippen molar-refractivity contribution in [3.05, 3.63) is 59.7 Å². The summed E-state index contributed by atoms with van der Waals surface area (Å²) in [6, 6.07) is 16.3. The van der Waals surface area contributed by atoms with Crippen molar-refractivity contribution in [2.75, 3.05) is 19.7 Å². The number of aliphatic carboxylic acids is 1. The topological polar surface area (TPSA) is 95.9 Å². The molecule has 2 N–H and O–H groups in total. The largest absolute Gasteiger partial charge is 0.481 e. The molecule has 2 aliphatic rings. The Morgan fingerprint density at radius 3 is 2.12 bits per heavy atom. The molecule has 34 heavy (non-hydrogen) atoms. The second-order valence-corrected chi connectivity index (χ2v) is 9.74. The average molecular weight is 465 g/mol. The van der Waals surface area contributed by atoms with Crippen LogP contribution >= 0.6 is 0 Å². The van der Waals surface area contributed by atoms with E-state index in [2.05, 4.69) is 29.6 Å². The van der Waals surface area contributed by atoms with Gasteiger partial charge in [-0.1, -0.05) is 48.5 Å². The quantitative estimate of drug-likeness (QED) is 0.633. The number of likely N-dealkylation sites (tertiary alicyclic amines) is 1. The third-order valence-corrected chi connectivity index (χ3v) is 6.96. The summed E-state index contributed by atoms with van der Waals surface area (Å²) < 4.78 is 5.61. The predicted octanol–water partition coefficient (Wildman–Crippen LogP) is 4.41. The maximum Gasteiger partial charge on any atom is 0.408 e. The molecule has 2 amide bonds. The van der Waals surface area contributed by atoms with E-state index in [1.165, 1.54) is 0 Å². The first kappa shape index (κ1) is 23.8. The predicted molar refractivity (Wildman–Crippen MR) is 128 cm³/mol. The number of alkyl carbamates (subject to hydrolysis) is 1. The van der Waals surface area contributed by atoms with Crippen molar-refractivity contribution in [2.24, 2.45) is 5.92 Å². The van der Waals surface area contributed by atoms with E-state index in [1.54, 1.807) is 18.7 Å². The lowest BCUT2D eigenvalue weighted by molar-refractivity contribution is -0.140. The number of fused-ring (bicyclic) bond motifs is 3. The molecular weight excluding hydrogens is 432 g/mol. The number of ether oxygens (including phenoxy) is 1. The SMILES string of the molecule is CC(C)(NC(=O)OCC1c2ccccc2-c2ccccc21)C(=O)N1CCC(CCC(=O)O)CC1. The van der Waals surface area contributed by atoms with E-state index in [-0.39, 0.29) is 24.9 Å². The number of amides is 2. The Morgan fingerprint density at radius 1 is 1.00 bits per heavy atom. The van der Waals surface area contributed by atoms with Crippen molar-refractivity contribution in [1.29, 1.82) is 0 Å². The first-order valence-electron chi connectivity index (χ1n) is 11.9. The molecule has 1 heterocycles. The number of carbonyl (C=O) groups excluding carboxylic acids is 2. The van der Waals surface area contributed by atoms with Gasteiger partial charge >= 0.3 is 12.1 Å². The highest BCUT2D eigenvalue weighted by atomic mass is 16.5. The van der Waals surface area contributed by atoms with Gasteiger partial charge in [0.2, 0.25) is 5.91 Å². The molecule has 7 heteroatoms. The fourth-order valence-electron chi connectivity index (χ4n) is 5.09. The van der Waals surface area contributed by atoms with Crippen LogP contribution in [0.15, 0.2) is 48.5 Å². The normalized spacial score (nSPS) is 16.0. The maximum absolute atomic E-state index is 13.1. The van der Waals surface area contributed by atoms with Crippen molar-refractivity contribution in [3.8, 4) is 11.1 Å². The summed E-state index contributed by atoms with van der Waals surface area (Å²) in [6.45, 7) is 4.71. The third kappa shape index (κ3) is 5.08. The summed E-state index contributed by atoms with van der Waals surface area (Å²) in [7, 11) is 0. The van der Waals surface area contributed by atoms with E-state index in [4.69, 9.17) is 9.84 Å². The van der Waals surface area contributed by atoms with E-state index in [9.17, 15) is 14.4 Å². The van der Waals surface area contributed by atoms with E-state index < -0.39 is 17.6 Å². The molecule has 0 bridgehead atoms. The van der Waals surface area contributed by atoms with E-state index in [1.807, 2.05) is 24.3 Å². The molecule has 0 saturated carbocycles. The van der Waals surface area contributed by atoms with Gasteiger partial charge in [0.05, 0.1) is 0 Å². The van der Waals surface area contributed by atoms with E-state index in [0.717, 1.165) is 35.1 Å². The van der Waals surface area contributed by atoms with Crippen LogP contribution in [0.2, 0.25) is 0 Å². The zero-order chi connectivity index (χ0) is 24.3. The Balaban J connectivity index is 1.32. The fraction of sp³-hybridized carbons (Fsp3) is 0.444. The summed E-state index contributed by atoms with van der Waals surface area (Å²) in [4.78, 5) is 38.3. The van der Waals surface area contributed by atoms with Gasteiger partial charge in [0.15, 0.2) is 0 Å². The standard InChI is InChI=1S/C27H32N2O5/c1-27(2,25(32)29-15-13-18(14-16-29)11-12-24(30)31)28-26(33)34-17-23-21-9-5-3-7-19(21)20-8-4-6-10-22(20)23/h3-10,18,23H,11-17H2,1-2H3,(H,28,33)(H,30,31). The molecule has 0 radical (unpaired) electrons. The smallest absolute Gasteiger partial charge is 0.408 e. The Morgan fingerprint density at radius 2 is 1.56 bits per heavy atom. The highest BCUT2D eigenvalue weighted by molar-refractivity contribution is 5.89. The minimum Gasteiger partial charge on any atom is -0.481 e. The van der Waals surface area contributed by atoms with Crippen LogP contribution in [0.25, 0.3) is 11.1 Å². The van der Waals surface area contributed by atoms with Crippen LogP contribution in [0.1, 0.15) is 56.6 Å². The van der Waals surface area contributed by atoms with Gasteiger partial charge < -0.3 is 20.1 Å². The minimum atomic E-state index is -1.10. The number of nitrogens with zero attached hydrogens (tertiary/aromatic N) is 1. The molecule has 180 valence electrons. The van der Waals surface area contributed by atoms with Crippen LogP contribution in [0.3, 0.4) is 0 Å². The lowest BCUT2D eigenvalue weighted by atomic mass is 9.91. The number of carboxylic acid groups (broad SMARTS) is 1. The number of piperidine rings is 1. The zero-order valence-corrected chi connectivity index (χ0v) is 19.8. The summed E-state index contributed by atoms with van der Waals surface area (Å²) in [5.41, 5.74) is 3.50. The number of carbonyl (C=O) groups is 3. The van der Waals surface area contributed by atoms with Crippen molar-refractivity contribution in [1.82, 2.24) is 10.2 Å². The molecule has 1 aliphatic heterocycles. The van der Waals surface area contributed by atoms with Crippen LogP contribution in [0.4, 0.5) is 4.79 Å². The first-order valence-corrected chi connectivity index (χ1v) is 11.9. The molecule has 2 aromatic carbocycles. The van der Waals surface area contributed by atoms with Gasteiger partial charge in [-0.3, -0.25) is 9.59 Å². The Kier molecular flexibility index (Phi) is 6.91. The molecule has 7 nitrogen and oxygen atoms in total. The van der Waals surface area contributed by atoms with Crippen molar-refractivity contribution < 1.29 is 24.2 Å². The summed E-state index contributed by atoms with van der Waals surface area (Å²) in [5.74, 6) is -0.662. The van der Waals surface area contributed by atoms with E-state index in [0.29, 0.717) is 25.4 Å². The summed E-state index contributed by atoms with van der Waals surface area (Å²) >= 11 is 0. The molecular formula is C27H32N2O5. The van der Waals surface area contributed by atoms with E-state index >= 15 is 0 Å². The minimum absolute atomic E-state index is 0.0400. The summed E-state index contributed by atoms with van der Waals surface area (Å²) in [5, 5.41) is 11.6. The Bertz CT molecular complexity index is 1030. The lowest BCUT2D eigenvalue weighted by Gasteiger charge is -2.37. The van der Waals surface area contributed by atoms with Crippen molar-refractivity contribution >= 4 is 18.0 Å². The van der Waals surface area contributed by atoms with Crippen LogP contribution < -0.4 is 5.32 Å². The van der Waals surface area contributed by atoms with Gasteiger partial charge in [0.1, 0.15) is 12.1 Å². The Labute approximate surface area is 200 Å². The lowest BCUT2D eigenvalue weighted by Crippen LogP contribution is -2.57. The monoisotopic (exact) mass is 464 g/mol. The van der Waals surface area contributed by atoms with Gasteiger partial charge in [-0.05, 0) is 61.3 Å². The van der Waals surface area contributed by atoms with Crippen molar-refractivity contribution in [2.45, 2.75) is 51.0 Å². The molecule has 1 saturated heterocycles. The van der Waals surface area contributed by atoms with Gasteiger partial charge in [-0.25, -0.2) is 4.79 Å². The van der Waals surface area contributed by atoms with Gasteiger partial charge in [-0.15, -0.1) is 0 Å². The third-order valence-electron chi connectivity index (χ3n) is 6.96. The van der Waals surface area contributed by atoms with Gasteiger partial charge in [-0.2, -0.15) is 0 Å². The Hall–Kier alpha value is -3.35. The highest BCUT2D eigenvalue weighted by Crippen LogP contribution is 2.44. The molecule has 1 fully saturated rings. The number of carboxylic acids is 1. The molecule has 0 spiro atoms. The average Bonchev–Trinajstić information content (AvgIpc) is 3.15. The number of hydrogen-bond acceptors (Lipinski definition) is 4. The molecule has 0 atom stereocenters. The molecule has 0 aromatic heterocycles. The second-order valence-electron chi connectivity index (χ2n) is 9.74. The fourth-order valence-corrected chi connectivity index (χ4v) is 5.09. The number of rotatable bonds is 7. The molecule has 2 aromatic rings. The van der Waals surface area contributed by atoms with Crippen LogP contribution in [-0.2, 0) is 14.3 Å². The number of hydrogen-bond donors (Lipinski definition) is 2. The molecule has 0 unspecified atom stereocenters.